The number of rotatable bonds is 4. The molecule has 0 bridgehead atoms. The van der Waals surface area contributed by atoms with Gasteiger partial charge in [0.2, 0.25) is 5.91 Å². The highest BCUT2D eigenvalue weighted by Crippen LogP contribution is 2.25. The number of halogens is 3. The van der Waals surface area contributed by atoms with Crippen LogP contribution in [0.15, 0.2) is 18.6 Å². The van der Waals surface area contributed by atoms with Crippen LogP contribution in [0, 0.1) is 0 Å². The number of likely N-dealkylation sites (N-methyl/N-ethyl adjacent to an activating group) is 1. The van der Waals surface area contributed by atoms with Crippen molar-refractivity contribution in [3.8, 4) is 0 Å². The Morgan fingerprint density at radius 1 is 1.55 bits per heavy atom. The predicted molar refractivity (Wildman–Crippen MR) is 72.0 cm³/mol. The van der Waals surface area contributed by atoms with Gasteiger partial charge in [-0.25, -0.2) is 8.78 Å². The third-order valence-corrected chi connectivity index (χ3v) is 3.10. The first-order valence-corrected chi connectivity index (χ1v) is 6.09. The van der Waals surface area contributed by atoms with Crippen molar-refractivity contribution in [2.24, 2.45) is 0 Å². The first kappa shape index (κ1) is 16.7. The molecule has 0 aliphatic carbocycles. The molecule has 1 aliphatic rings. The van der Waals surface area contributed by atoms with Crippen molar-refractivity contribution in [1.82, 2.24) is 20.2 Å². The molecule has 0 saturated carbocycles. The van der Waals surface area contributed by atoms with Crippen LogP contribution in [-0.2, 0) is 11.2 Å². The lowest BCUT2D eigenvalue weighted by molar-refractivity contribution is -0.132. The molecule has 0 spiro atoms. The summed E-state index contributed by atoms with van der Waals surface area (Å²) in [6, 6.07) is -0.790. The number of nitrogens with one attached hydrogen (secondary N) is 1. The Morgan fingerprint density at radius 2 is 2.30 bits per heavy atom. The van der Waals surface area contributed by atoms with E-state index >= 15 is 0 Å². The van der Waals surface area contributed by atoms with E-state index in [0.29, 0.717) is 13.0 Å². The molecule has 1 fully saturated rings. The quantitative estimate of drug-likeness (QED) is 0.898. The van der Waals surface area contributed by atoms with Gasteiger partial charge in [0, 0.05) is 45.0 Å². The van der Waals surface area contributed by atoms with Crippen molar-refractivity contribution in [1.29, 1.82) is 0 Å². The second kappa shape index (κ2) is 6.90. The van der Waals surface area contributed by atoms with Gasteiger partial charge in [-0.3, -0.25) is 20.1 Å². The average Bonchev–Trinajstić information content (AvgIpc) is 2.76. The summed E-state index contributed by atoms with van der Waals surface area (Å²) in [4.78, 5) is 21.4. The fraction of sp³-hybridized carbons (Fsp3) is 0.583. The molecule has 1 atom stereocenters. The molecule has 0 aromatic carbocycles. The molecule has 0 radical (unpaired) electrons. The topological polar surface area (TPSA) is 58.1 Å². The van der Waals surface area contributed by atoms with Crippen molar-refractivity contribution in [2.45, 2.75) is 24.8 Å². The van der Waals surface area contributed by atoms with Crippen LogP contribution in [0.2, 0.25) is 0 Å². The monoisotopic (exact) mass is 306 g/mol. The molecule has 1 saturated heterocycles. The van der Waals surface area contributed by atoms with Gasteiger partial charge in [0.25, 0.3) is 5.92 Å². The third-order valence-electron chi connectivity index (χ3n) is 3.10. The van der Waals surface area contributed by atoms with Crippen LogP contribution in [0.25, 0.3) is 0 Å². The molecule has 2 heterocycles. The van der Waals surface area contributed by atoms with Crippen LogP contribution in [-0.4, -0.2) is 52.9 Å². The van der Waals surface area contributed by atoms with Crippen molar-refractivity contribution in [3.63, 3.8) is 0 Å². The van der Waals surface area contributed by atoms with Crippen LogP contribution in [0.4, 0.5) is 8.78 Å². The van der Waals surface area contributed by atoms with Crippen LogP contribution in [0.1, 0.15) is 12.1 Å². The normalized spacial score (nSPS) is 20.2. The lowest BCUT2D eigenvalue weighted by atomic mass is 10.1. The first-order chi connectivity index (χ1) is 8.98. The van der Waals surface area contributed by atoms with Crippen LogP contribution in [0.3, 0.4) is 0 Å². The van der Waals surface area contributed by atoms with E-state index in [2.05, 4.69) is 15.3 Å². The highest BCUT2D eigenvalue weighted by Gasteiger charge is 2.42. The van der Waals surface area contributed by atoms with E-state index in [1.165, 1.54) is 4.90 Å². The molecule has 5 nitrogen and oxygen atoms in total. The van der Waals surface area contributed by atoms with Gasteiger partial charge in [0.1, 0.15) is 0 Å². The van der Waals surface area contributed by atoms with Crippen LogP contribution >= 0.6 is 12.4 Å². The summed E-state index contributed by atoms with van der Waals surface area (Å²) in [6.07, 6.45) is 4.90. The summed E-state index contributed by atoms with van der Waals surface area (Å²) in [6.45, 7) is 0.00266. The Bertz CT molecular complexity index is 446. The fourth-order valence-corrected chi connectivity index (χ4v) is 2.01. The Hall–Kier alpha value is -1.34. The van der Waals surface area contributed by atoms with Crippen molar-refractivity contribution in [3.05, 3.63) is 24.3 Å². The highest BCUT2D eigenvalue weighted by atomic mass is 35.5. The summed E-state index contributed by atoms with van der Waals surface area (Å²) < 4.78 is 26.0. The summed E-state index contributed by atoms with van der Waals surface area (Å²) >= 11 is 0. The average molecular weight is 307 g/mol. The van der Waals surface area contributed by atoms with Gasteiger partial charge < -0.3 is 4.90 Å². The van der Waals surface area contributed by atoms with Gasteiger partial charge in [-0.15, -0.1) is 12.4 Å². The zero-order chi connectivity index (χ0) is 13.9. The standard InChI is InChI=1S/C12H16F2N4O.ClH/c1-18(5-2-9-7-15-3-4-16-9)11(19)10-6-12(13,14)8-17-10;/h3-4,7,10,17H,2,5-6,8H2,1H3;1H. The largest absolute Gasteiger partial charge is 0.344 e. The SMILES string of the molecule is CN(CCc1cnccn1)C(=O)C1CC(F)(F)CN1.Cl. The second-order valence-electron chi connectivity index (χ2n) is 4.70. The van der Waals surface area contributed by atoms with E-state index < -0.39 is 24.9 Å². The Labute approximate surface area is 122 Å². The summed E-state index contributed by atoms with van der Waals surface area (Å²) in [5.74, 6) is -3.09. The number of amides is 1. The molecule has 2 rings (SSSR count). The Morgan fingerprint density at radius 3 is 2.85 bits per heavy atom. The fourth-order valence-electron chi connectivity index (χ4n) is 2.01. The van der Waals surface area contributed by atoms with Gasteiger partial charge in [-0.05, 0) is 0 Å². The van der Waals surface area contributed by atoms with Gasteiger partial charge in [-0.1, -0.05) is 0 Å². The van der Waals surface area contributed by atoms with Gasteiger partial charge in [-0.2, -0.15) is 0 Å². The van der Waals surface area contributed by atoms with Crippen LogP contribution in [0.5, 0.6) is 0 Å². The first-order valence-electron chi connectivity index (χ1n) is 6.09. The Kier molecular flexibility index (Phi) is 5.76. The molecule has 1 aromatic rings. The van der Waals surface area contributed by atoms with Gasteiger partial charge in [0.15, 0.2) is 0 Å². The van der Waals surface area contributed by atoms with E-state index in [1.54, 1.807) is 25.6 Å². The zero-order valence-electron chi connectivity index (χ0n) is 11.1. The molecular weight excluding hydrogens is 290 g/mol. The summed E-state index contributed by atoms with van der Waals surface area (Å²) in [5, 5.41) is 2.56. The smallest absolute Gasteiger partial charge is 0.262 e. The van der Waals surface area contributed by atoms with E-state index in [4.69, 9.17) is 0 Å². The molecule has 1 unspecified atom stereocenters. The van der Waals surface area contributed by atoms with E-state index in [-0.39, 0.29) is 18.3 Å². The van der Waals surface area contributed by atoms with E-state index in [1.807, 2.05) is 0 Å². The number of carbonyl (C=O) groups excluding carboxylic acids is 1. The molecular formula is C12H17ClF2N4O. The number of nitrogens with zero attached hydrogens (tertiary/aromatic N) is 3. The minimum atomic E-state index is -2.79. The predicted octanol–water partition coefficient (Wildman–Crippen LogP) is 0.896. The second-order valence-corrected chi connectivity index (χ2v) is 4.70. The third kappa shape index (κ3) is 4.35. The van der Waals surface area contributed by atoms with E-state index in [0.717, 1.165) is 5.69 Å². The van der Waals surface area contributed by atoms with Gasteiger partial charge in [0.05, 0.1) is 18.3 Å². The summed E-state index contributed by atoms with van der Waals surface area (Å²) in [7, 11) is 1.61. The number of hydrogen-bond donors (Lipinski definition) is 1. The Balaban J connectivity index is 0.00000200. The molecule has 1 aliphatic heterocycles. The van der Waals surface area contributed by atoms with Crippen molar-refractivity contribution >= 4 is 18.3 Å². The number of carbonyl (C=O) groups is 1. The minimum absolute atomic E-state index is 0. The molecule has 112 valence electrons. The summed E-state index contributed by atoms with van der Waals surface area (Å²) in [5.41, 5.74) is 0.770. The maximum Gasteiger partial charge on any atom is 0.262 e. The number of alkyl halides is 2. The van der Waals surface area contributed by atoms with Crippen LogP contribution < -0.4 is 5.32 Å². The van der Waals surface area contributed by atoms with Gasteiger partial charge >= 0.3 is 0 Å². The maximum atomic E-state index is 13.0. The molecule has 1 N–H and O–H groups in total. The lowest BCUT2D eigenvalue weighted by Crippen LogP contribution is -2.42. The molecule has 1 amide bonds. The maximum absolute atomic E-state index is 13.0. The lowest BCUT2D eigenvalue weighted by Gasteiger charge is -2.20. The molecule has 20 heavy (non-hydrogen) atoms. The van der Waals surface area contributed by atoms with Crippen molar-refractivity contribution in [2.75, 3.05) is 20.1 Å². The number of aromatic nitrogens is 2. The zero-order valence-corrected chi connectivity index (χ0v) is 11.9. The number of hydrogen-bond acceptors (Lipinski definition) is 4. The van der Waals surface area contributed by atoms with Crippen molar-refractivity contribution < 1.29 is 13.6 Å². The van der Waals surface area contributed by atoms with E-state index in [9.17, 15) is 13.6 Å². The molecule has 1 aromatic heterocycles. The highest BCUT2D eigenvalue weighted by molar-refractivity contribution is 5.85. The molecule has 8 heteroatoms. The minimum Gasteiger partial charge on any atom is -0.344 e.